The van der Waals surface area contributed by atoms with E-state index in [1.807, 2.05) is 6.26 Å². The zero-order valence-corrected chi connectivity index (χ0v) is 9.65. The summed E-state index contributed by atoms with van der Waals surface area (Å²) in [6.45, 7) is 0.955. The fourth-order valence-electron chi connectivity index (χ4n) is 2.19. The van der Waals surface area contributed by atoms with Gasteiger partial charge in [0.15, 0.2) is 0 Å². The lowest BCUT2D eigenvalue weighted by Gasteiger charge is -2.20. The second-order valence-corrected chi connectivity index (χ2v) is 5.55. The summed E-state index contributed by atoms with van der Waals surface area (Å²) in [5.41, 5.74) is 1.54. The molecule has 14 heavy (non-hydrogen) atoms. The van der Waals surface area contributed by atoms with Crippen LogP contribution in [0.5, 0.6) is 0 Å². The average molecular weight is 212 g/mol. The smallest absolute Gasteiger partial charge is 0.0909 e. The van der Waals surface area contributed by atoms with Gasteiger partial charge in [0.05, 0.1) is 12.9 Å². The van der Waals surface area contributed by atoms with Gasteiger partial charge < -0.3 is 4.74 Å². The van der Waals surface area contributed by atoms with Crippen LogP contribution in [0.15, 0.2) is 11.8 Å². The van der Waals surface area contributed by atoms with Crippen LogP contribution in [0.1, 0.15) is 38.5 Å². The Morgan fingerprint density at radius 1 is 1.29 bits per heavy atom. The third kappa shape index (κ3) is 3.23. The first-order valence-corrected chi connectivity index (χ1v) is 6.98. The van der Waals surface area contributed by atoms with E-state index in [1.165, 1.54) is 55.6 Å². The van der Waals surface area contributed by atoms with E-state index in [0.29, 0.717) is 0 Å². The van der Waals surface area contributed by atoms with E-state index in [1.54, 1.807) is 0 Å². The van der Waals surface area contributed by atoms with E-state index in [0.717, 1.165) is 12.5 Å². The Morgan fingerprint density at radius 2 is 2.14 bits per heavy atom. The molecule has 2 aliphatic rings. The van der Waals surface area contributed by atoms with Gasteiger partial charge in [-0.05, 0) is 55.6 Å². The highest BCUT2D eigenvalue weighted by molar-refractivity contribution is 7.99. The van der Waals surface area contributed by atoms with E-state index in [2.05, 4.69) is 11.8 Å². The van der Waals surface area contributed by atoms with Gasteiger partial charge in [-0.15, -0.1) is 0 Å². The minimum atomic E-state index is 0.812. The van der Waals surface area contributed by atoms with Crippen molar-refractivity contribution in [1.82, 2.24) is 0 Å². The first-order valence-electron chi connectivity index (χ1n) is 5.82. The van der Waals surface area contributed by atoms with Gasteiger partial charge in [0.25, 0.3) is 0 Å². The molecule has 80 valence electrons. The molecule has 2 rings (SSSR count). The molecule has 0 radical (unpaired) electrons. The normalized spacial score (nSPS) is 27.7. The molecule has 1 heterocycles. The average Bonchev–Trinajstić information content (AvgIpc) is 2.72. The van der Waals surface area contributed by atoms with Crippen LogP contribution >= 0.6 is 11.8 Å². The molecule has 1 saturated carbocycles. The standard InChI is InChI=1S/C12H20OS/c1-2-5-11(4-1)8-13-9-12-6-3-7-14-10-12/h8,12H,1-7,9-10H2. The van der Waals surface area contributed by atoms with Crippen LogP contribution in [-0.4, -0.2) is 18.1 Å². The maximum atomic E-state index is 5.68. The van der Waals surface area contributed by atoms with E-state index in [-0.39, 0.29) is 0 Å². The summed E-state index contributed by atoms with van der Waals surface area (Å²) >= 11 is 2.09. The SMILES string of the molecule is C(OCC1CCCSC1)=C1CCCC1. The molecule has 2 heteroatoms. The van der Waals surface area contributed by atoms with Crippen molar-refractivity contribution in [3.63, 3.8) is 0 Å². The Hall–Kier alpha value is -0.110. The van der Waals surface area contributed by atoms with Crippen LogP contribution in [0, 0.1) is 5.92 Å². The Morgan fingerprint density at radius 3 is 2.86 bits per heavy atom. The summed E-state index contributed by atoms with van der Waals surface area (Å²) in [4.78, 5) is 0. The Balaban J connectivity index is 1.63. The lowest BCUT2D eigenvalue weighted by atomic mass is 10.1. The fraction of sp³-hybridized carbons (Fsp3) is 0.833. The van der Waals surface area contributed by atoms with Crippen LogP contribution in [0.4, 0.5) is 0 Å². The zero-order valence-electron chi connectivity index (χ0n) is 8.84. The maximum Gasteiger partial charge on any atom is 0.0909 e. The van der Waals surface area contributed by atoms with Crippen molar-refractivity contribution in [2.75, 3.05) is 18.1 Å². The zero-order chi connectivity index (χ0) is 9.64. The van der Waals surface area contributed by atoms with Gasteiger partial charge in [0.2, 0.25) is 0 Å². The first kappa shape index (κ1) is 10.4. The number of rotatable bonds is 3. The summed E-state index contributed by atoms with van der Waals surface area (Å²) < 4.78 is 5.68. The molecule has 1 aliphatic heterocycles. The van der Waals surface area contributed by atoms with Crippen molar-refractivity contribution in [3.05, 3.63) is 11.8 Å². The van der Waals surface area contributed by atoms with E-state index >= 15 is 0 Å². The monoisotopic (exact) mass is 212 g/mol. The number of allylic oxidation sites excluding steroid dienone is 1. The number of hydrogen-bond donors (Lipinski definition) is 0. The van der Waals surface area contributed by atoms with Crippen molar-refractivity contribution < 1.29 is 4.74 Å². The highest BCUT2D eigenvalue weighted by atomic mass is 32.2. The summed E-state index contributed by atoms with van der Waals surface area (Å²) in [5.74, 6) is 3.48. The van der Waals surface area contributed by atoms with Gasteiger partial charge in [0, 0.05) is 5.92 Å². The quantitative estimate of drug-likeness (QED) is 0.661. The van der Waals surface area contributed by atoms with Crippen LogP contribution in [0.2, 0.25) is 0 Å². The molecule has 0 aromatic carbocycles. The fourth-order valence-corrected chi connectivity index (χ4v) is 3.32. The van der Waals surface area contributed by atoms with Crippen molar-refractivity contribution >= 4 is 11.8 Å². The molecule has 1 atom stereocenters. The summed E-state index contributed by atoms with van der Waals surface area (Å²) in [7, 11) is 0. The van der Waals surface area contributed by atoms with E-state index < -0.39 is 0 Å². The van der Waals surface area contributed by atoms with Crippen LogP contribution < -0.4 is 0 Å². The maximum absolute atomic E-state index is 5.68. The topological polar surface area (TPSA) is 9.23 Å². The predicted molar refractivity (Wildman–Crippen MR) is 62.6 cm³/mol. The molecular weight excluding hydrogens is 192 g/mol. The predicted octanol–water partition coefficient (Wildman–Crippen LogP) is 3.60. The van der Waals surface area contributed by atoms with Gasteiger partial charge in [-0.25, -0.2) is 0 Å². The molecule has 0 aromatic heterocycles. The summed E-state index contributed by atoms with van der Waals surface area (Å²) in [5, 5.41) is 0. The largest absolute Gasteiger partial charge is 0.501 e. The van der Waals surface area contributed by atoms with Crippen molar-refractivity contribution in [2.45, 2.75) is 38.5 Å². The van der Waals surface area contributed by atoms with Gasteiger partial charge in [-0.3, -0.25) is 0 Å². The van der Waals surface area contributed by atoms with Crippen LogP contribution in [-0.2, 0) is 4.74 Å². The Kier molecular flexibility index (Phi) is 4.23. The molecule has 0 aromatic rings. The van der Waals surface area contributed by atoms with Gasteiger partial charge in [-0.1, -0.05) is 0 Å². The Labute approximate surface area is 91.3 Å². The van der Waals surface area contributed by atoms with Crippen LogP contribution in [0.3, 0.4) is 0 Å². The molecule has 0 amide bonds. The molecule has 0 bridgehead atoms. The van der Waals surface area contributed by atoms with E-state index in [4.69, 9.17) is 4.74 Å². The molecule has 1 saturated heterocycles. The second kappa shape index (κ2) is 5.69. The summed E-state index contributed by atoms with van der Waals surface area (Å²) in [6, 6.07) is 0. The first-order chi connectivity index (χ1) is 6.95. The van der Waals surface area contributed by atoms with Crippen molar-refractivity contribution in [1.29, 1.82) is 0 Å². The second-order valence-electron chi connectivity index (χ2n) is 4.40. The molecule has 2 fully saturated rings. The molecule has 0 spiro atoms. The van der Waals surface area contributed by atoms with Crippen LogP contribution in [0.25, 0.3) is 0 Å². The third-order valence-electron chi connectivity index (χ3n) is 3.08. The lowest BCUT2D eigenvalue weighted by molar-refractivity contribution is 0.195. The molecule has 1 aliphatic carbocycles. The number of ether oxygens (including phenoxy) is 1. The third-order valence-corrected chi connectivity index (χ3v) is 4.37. The minimum Gasteiger partial charge on any atom is -0.501 e. The Bertz CT molecular complexity index is 186. The highest BCUT2D eigenvalue weighted by Crippen LogP contribution is 2.25. The summed E-state index contributed by atoms with van der Waals surface area (Å²) in [6.07, 6.45) is 10.1. The number of hydrogen-bond acceptors (Lipinski definition) is 2. The molecule has 0 N–H and O–H groups in total. The van der Waals surface area contributed by atoms with Gasteiger partial charge in [-0.2, -0.15) is 11.8 Å². The number of thioether (sulfide) groups is 1. The van der Waals surface area contributed by atoms with Crippen molar-refractivity contribution in [3.8, 4) is 0 Å². The molecule has 1 unspecified atom stereocenters. The molecule has 1 nitrogen and oxygen atoms in total. The minimum absolute atomic E-state index is 0.812. The van der Waals surface area contributed by atoms with Gasteiger partial charge >= 0.3 is 0 Å². The lowest BCUT2D eigenvalue weighted by Crippen LogP contribution is -2.15. The van der Waals surface area contributed by atoms with E-state index in [9.17, 15) is 0 Å². The molecular formula is C12H20OS. The van der Waals surface area contributed by atoms with Crippen molar-refractivity contribution in [2.24, 2.45) is 5.92 Å². The van der Waals surface area contributed by atoms with Gasteiger partial charge in [0.1, 0.15) is 0 Å². The highest BCUT2D eigenvalue weighted by Gasteiger charge is 2.14.